The molecule has 23 heavy (non-hydrogen) atoms. The van der Waals surface area contributed by atoms with Gasteiger partial charge in [0.1, 0.15) is 5.65 Å². The van der Waals surface area contributed by atoms with Crippen molar-refractivity contribution in [1.82, 2.24) is 14.4 Å². The van der Waals surface area contributed by atoms with Gasteiger partial charge in [-0.3, -0.25) is 9.38 Å². The molecule has 4 rings (SSSR count). The summed E-state index contributed by atoms with van der Waals surface area (Å²) in [6.07, 6.45) is 5.56. The van der Waals surface area contributed by atoms with E-state index in [1.807, 2.05) is 59.3 Å². The first-order chi connectivity index (χ1) is 11.2. The molecule has 5 heteroatoms. The third-order valence-electron chi connectivity index (χ3n) is 3.60. The van der Waals surface area contributed by atoms with E-state index in [9.17, 15) is 0 Å². The number of halogens is 2. The number of pyridine rings is 2. The van der Waals surface area contributed by atoms with Crippen LogP contribution in [0.3, 0.4) is 0 Å². The molecule has 4 aromatic rings. The van der Waals surface area contributed by atoms with Crippen molar-refractivity contribution in [3.8, 4) is 22.5 Å². The highest BCUT2D eigenvalue weighted by Crippen LogP contribution is 2.34. The molecule has 0 aliphatic carbocycles. The number of fused-ring (bicyclic) bond motifs is 1. The number of rotatable bonds is 2. The molecule has 0 saturated carbocycles. The number of hydrogen-bond acceptors (Lipinski definition) is 2. The predicted octanol–water partition coefficient (Wildman–Crippen LogP) is 5.37. The maximum Gasteiger partial charge on any atom is 0.137 e. The Labute approximate surface area is 143 Å². The van der Waals surface area contributed by atoms with Gasteiger partial charge in [-0.15, -0.1) is 0 Å². The van der Waals surface area contributed by atoms with E-state index >= 15 is 0 Å². The molecule has 0 spiro atoms. The number of imidazole rings is 1. The highest BCUT2D eigenvalue weighted by atomic mass is 35.5. The van der Waals surface area contributed by atoms with Crippen LogP contribution in [0.1, 0.15) is 0 Å². The Kier molecular flexibility index (Phi) is 3.52. The van der Waals surface area contributed by atoms with E-state index < -0.39 is 0 Å². The first kappa shape index (κ1) is 14.2. The maximum absolute atomic E-state index is 6.17. The average Bonchev–Trinajstić information content (AvgIpc) is 2.94. The van der Waals surface area contributed by atoms with E-state index in [2.05, 4.69) is 4.98 Å². The number of nitrogens with zero attached hydrogens (tertiary/aromatic N) is 3. The monoisotopic (exact) mass is 339 g/mol. The Morgan fingerprint density at radius 1 is 0.870 bits per heavy atom. The minimum Gasteiger partial charge on any atom is -0.299 e. The van der Waals surface area contributed by atoms with E-state index in [4.69, 9.17) is 28.2 Å². The quantitative estimate of drug-likeness (QED) is 0.491. The number of hydrogen-bond donors (Lipinski definition) is 0. The lowest BCUT2D eigenvalue weighted by atomic mass is 10.1. The zero-order valence-electron chi connectivity index (χ0n) is 11.9. The topological polar surface area (TPSA) is 30.2 Å². The van der Waals surface area contributed by atoms with Crippen LogP contribution in [0.2, 0.25) is 10.0 Å². The molecule has 3 heterocycles. The van der Waals surface area contributed by atoms with Gasteiger partial charge in [0, 0.05) is 39.8 Å². The van der Waals surface area contributed by atoms with Gasteiger partial charge >= 0.3 is 0 Å². The average molecular weight is 340 g/mol. The van der Waals surface area contributed by atoms with Crippen molar-refractivity contribution in [2.75, 3.05) is 0 Å². The van der Waals surface area contributed by atoms with Crippen molar-refractivity contribution < 1.29 is 0 Å². The minimum absolute atomic E-state index is 0.585. The van der Waals surface area contributed by atoms with Crippen molar-refractivity contribution in [3.63, 3.8) is 0 Å². The summed E-state index contributed by atoms with van der Waals surface area (Å²) in [5.41, 5.74) is 4.51. The molecule has 0 atom stereocenters. The summed E-state index contributed by atoms with van der Waals surface area (Å²) >= 11 is 12.3. The van der Waals surface area contributed by atoms with Gasteiger partial charge in [0.05, 0.1) is 11.4 Å². The Morgan fingerprint density at radius 3 is 2.43 bits per heavy atom. The molecule has 3 nitrogen and oxygen atoms in total. The SMILES string of the molecule is Clc1cc(Cl)cc(-c2nc3ccccn3c2-c2cccnc2)c1. The van der Waals surface area contributed by atoms with Crippen molar-refractivity contribution in [2.45, 2.75) is 0 Å². The van der Waals surface area contributed by atoms with Gasteiger partial charge in [0.25, 0.3) is 0 Å². The fourth-order valence-electron chi connectivity index (χ4n) is 2.67. The molecular formula is C18H11Cl2N3. The van der Waals surface area contributed by atoms with E-state index in [0.717, 1.165) is 28.2 Å². The van der Waals surface area contributed by atoms with Gasteiger partial charge in [-0.05, 0) is 42.5 Å². The second-order valence-electron chi connectivity index (χ2n) is 5.14. The molecule has 0 fully saturated rings. The molecular weight excluding hydrogens is 329 g/mol. The lowest BCUT2D eigenvalue weighted by Crippen LogP contribution is -1.90. The second kappa shape index (κ2) is 5.69. The highest BCUT2D eigenvalue weighted by Gasteiger charge is 2.16. The Balaban J connectivity index is 2.07. The molecule has 0 unspecified atom stereocenters. The van der Waals surface area contributed by atoms with E-state index in [1.54, 1.807) is 12.3 Å². The summed E-state index contributed by atoms with van der Waals surface area (Å²) in [6.45, 7) is 0. The molecule has 0 amide bonds. The van der Waals surface area contributed by atoms with Crippen LogP contribution in [0.4, 0.5) is 0 Å². The Hall–Kier alpha value is -2.36. The van der Waals surface area contributed by atoms with E-state index in [1.165, 1.54) is 0 Å². The smallest absolute Gasteiger partial charge is 0.137 e. The number of aromatic nitrogens is 3. The summed E-state index contributed by atoms with van der Waals surface area (Å²) in [7, 11) is 0. The molecule has 0 aliphatic rings. The molecule has 0 N–H and O–H groups in total. The first-order valence-electron chi connectivity index (χ1n) is 7.06. The summed E-state index contributed by atoms with van der Waals surface area (Å²) < 4.78 is 2.04. The summed E-state index contributed by atoms with van der Waals surface area (Å²) in [6, 6.07) is 15.3. The van der Waals surface area contributed by atoms with Gasteiger partial charge < -0.3 is 0 Å². The predicted molar refractivity (Wildman–Crippen MR) is 93.9 cm³/mol. The van der Waals surface area contributed by atoms with Gasteiger partial charge in [-0.1, -0.05) is 29.3 Å². The van der Waals surface area contributed by atoms with E-state index in [-0.39, 0.29) is 0 Å². The van der Waals surface area contributed by atoms with Gasteiger partial charge in [0.15, 0.2) is 0 Å². The fraction of sp³-hybridized carbons (Fsp3) is 0. The summed E-state index contributed by atoms with van der Waals surface area (Å²) in [5, 5.41) is 1.17. The lowest BCUT2D eigenvalue weighted by Gasteiger charge is -2.06. The largest absolute Gasteiger partial charge is 0.299 e. The molecule has 0 saturated heterocycles. The zero-order chi connectivity index (χ0) is 15.8. The molecule has 112 valence electrons. The van der Waals surface area contributed by atoms with Crippen molar-refractivity contribution >= 4 is 28.8 Å². The Bertz CT molecular complexity index is 974. The standard InChI is InChI=1S/C18H11Cl2N3/c19-14-8-13(9-15(20)10-14)17-18(12-4-3-6-21-11-12)23-7-2-1-5-16(23)22-17/h1-11H. The van der Waals surface area contributed by atoms with Crippen LogP contribution < -0.4 is 0 Å². The zero-order valence-corrected chi connectivity index (χ0v) is 13.5. The van der Waals surface area contributed by atoms with Crippen LogP contribution >= 0.6 is 23.2 Å². The maximum atomic E-state index is 6.17. The van der Waals surface area contributed by atoms with Crippen LogP contribution in [0, 0.1) is 0 Å². The van der Waals surface area contributed by atoms with Gasteiger partial charge in [-0.2, -0.15) is 0 Å². The number of benzene rings is 1. The van der Waals surface area contributed by atoms with Crippen LogP contribution in [0.5, 0.6) is 0 Å². The van der Waals surface area contributed by atoms with Crippen LogP contribution in [0.15, 0.2) is 67.1 Å². The van der Waals surface area contributed by atoms with Crippen LogP contribution in [-0.4, -0.2) is 14.4 Å². The highest BCUT2D eigenvalue weighted by molar-refractivity contribution is 6.35. The lowest BCUT2D eigenvalue weighted by molar-refractivity contribution is 1.18. The molecule has 3 aromatic heterocycles. The van der Waals surface area contributed by atoms with Crippen LogP contribution in [0.25, 0.3) is 28.2 Å². The van der Waals surface area contributed by atoms with Crippen LogP contribution in [-0.2, 0) is 0 Å². The third-order valence-corrected chi connectivity index (χ3v) is 4.04. The summed E-state index contributed by atoms with van der Waals surface area (Å²) in [5.74, 6) is 0. The first-order valence-corrected chi connectivity index (χ1v) is 7.82. The van der Waals surface area contributed by atoms with Crippen molar-refractivity contribution in [3.05, 3.63) is 77.2 Å². The fourth-order valence-corrected chi connectivity index (χ4v) is 3.19. The molecule has 0 radical (unpaired) electrons. The second-order valence-corrected chi connectivity index (χ2v) is 6.01. The summed E-state index contributed by atoms with van der Waals surface area (Å²) in [4.78, 5) is 8.98. The third kappa shape index (κ3) is 2.58. The molecule has 0 aliphatic heterocycles. The van der Waals surface area contributed by atoms with Gasteiger partial charge in [0.2, 0.25) is 0 Å². The Morgan fingerprint density at radius 2 is 1.70 bits per heavy atom. The van der Waals surface area contributed by atoms with Crippen molar-refractivity contribution in [2.24, 2.45) is 0 Å². The minimum atomic E-state index is 0.585. The normalized spacial score (nSPS) is 11.0. The molecule has 1 aromatic carbocycles. The van der Waals surface area contributed by atoms with E-state index in [0.29, 0.717) is 10.0 Å². The van der Waals surface area contributed by atoms with Crippen molar-refractivity contribution in [1.29, 1.82) is 0 Å². The molecule has 0 bridgehead atoms. The van der Waals surface area contributed by atoms with Gasteiger partial charge in [-0.25, -0.2) is 4.98 Å².